The highest BCUT2D eigenvalue weighted by atomic mass is 35.5. The van der Waals surface area contributed by atoms with Crippen molar-refractivity contribution in [3.8, 4) is 6.01 Å². The molecule has 0 spiro atoms. The maximum Gasteiger partial charge on any atom is 0.322 e. The maximum absolute atomic E-state index is 5.81. The SMILES string of the molecule is CSCC(C)Nc1nc(Cl)nc(OC(C)C)n1. The van der Waals surface area contributed by atoms with Gasteiger partial charge < -0.3 is 10.1 Å². The first-order valence-electron chi connectivity index (χ1n) is 5.35. The molecule has 1 aromatic rings. The molecule has 0 aliphatic rings. The summed E-state index contributed by atoms with van der Waals surface area (Å²) in [4.78, 5) is 12.1. The Kier molecular flexibility index (Phi) is 5.77. The molecule has 96 valence electrons. The number of anilines is 1. The van der Waals surface area contributed by atoms with Crippen LogP contribution in [0.3, 0.4) is 0 Å². The van der Waals surface area contributed by atoms with E-state index in [1.165, 1.54) is 0 Å². The average molecular weight is 277 g/mol. The van der Waals surface area contributed by atoms with Crippen LogP contribution in [0.25, 0.3) is 0 Å². The standard InChI is InChI=1S/C10H17ClN4OS/c1-6(2)16-10-14-8(11)13-9(15-10)12-7(3)5-17-4/h6-7H,5H2,1-4H3,(H,12,13,14,15). The van der Waals surface area contributed by atoms with Crippen molar-refractivity contribution in [1.82, 2.24) is 15.0 Å². The van der Waals surface area contributed by atoms with Crippen LogP contribution in [-0.2, 0) is 0 Å². The summed E-state index contributed by atoms with van der Waals surface area (Å²) in [6.45, 7) is 5.86. The van der Waals surface area contributed by atoms with E-state index in [1.807, 2.05) is 20.1 Å². The van der Waals surface area contributed by atoms with Crippen LogP contribution in [0.5, 0.6) is 6.01 Å². The van der Waals surface area contributed by atoms with E-state index in [1.54, 1.807) is 11.8 Å². The molecule has 0 bridgehead atoms. The summed E-state index contributed by atoms with van der Waals surface area (Å²) in [5.74, 6) is 1.41. The van der Waals surface area contributed by atoms with Crippen molar-refractivity contribution in [1.29, 1.82) is 0 Å². The average Bonchev–Trinajstić information content (AvgIpc) is 2.14. The number of thioether (sulfide) groups is 1. The van der Waals surface area contributed by atoms with Crippen molar-refractivity contribution in [3.05, 3.63) is 5.28 Å². The zero-order valence-corrected chi connectivity index (χ0v) is 12.0. The van der Waals surface area contributed by atoms with E-state index in [-0.39, 0.29) is 23.4 Å². The second-order valence-electron chi connectivity index (χ2n) is 3.88. The smallest absolute Gasteiger partial charge is 0.322 e. The number of nitrogens with one attached hydrogen (secondary N) is 1. The van der Waals surface area contributed by atoms with Crippen LogP contribution in [-0.4, -0.2) is 39.1 Å². The lowest BCUT2D eigenvalue weighted by molar-refractivity contribution is 0.222. The highest BCUT2D eigenvalue weighted by molar-refractivity contribution is 7.98. The van der Waals surface area contributed by atoms with Crippen molar-refractivity contribution in [2.75, 3.05) is 17.3 Å². The van der Waals surface area contributed by atoms with Crippen molar-refractivity contribution < 1.29 is 4.74 Å². The van der Waals surface area contributed by atoms with Gasteiger partial charge in [-0.1, -0.05) is 0 Å². The third-order valence-corrected chi connectivity index (χ3v) is 2.72. The van der Waals surface area contributed by atoms with Gasteiger partial charge in [0.1, 0.15) is 0 Å². The first kappa shape index (κ1) is 14.3. The molecule has 0 fully saturated rings. The van der Waals surface area contributed by atoms with Crippen molar-refractivity contribution in [2.45, 2.75) is 32.9 Å². The molecule has 1 atom stereocenters. The zero-order valence-electron chi connectivity index (χ0n) is 10.4. The summed E-state index contributed by atoms with van der Waals surface area (Å²) in [6, 6.07) is 0.509. The quantitative estimate of drug-likeness (QED) is 0.861. The third-order valence-electron chi connectivity index (χ3n) is 1.72. The van der Waals surface area contributed by atoms with E-state index in [0.717, 1.165) is 5.75 Å². The summed E-state index contributed by atoms with van der Waals surface area (Å²) >= 11 is 7.56. The van der Waals surface area contributed by atoms with E-state index in [4.69, 9.17) is 16.3 Å². The Bertz CT molecular complexity index is 364. The molecule has 1 rings (SSSR count). The Balaban J connectivity index is 2.74. The van der Waals surface area contributed by atoms with Gasteiger partial charge in [-0.15, -0.1) is 0 Å². The first-order valence-corrected chi connectivity index (χ1v) is 7.12. The lowest BCUT2D eigenvalue weighted by atomic mass is 10.4. The summed E-state index contributed by atoms with van der Waals surface area (Å²) in [6.07, 6.45) is 2.05. The Hall–Kier alpha value is -0.750. The van der Waals surface area contributed by atoms with E-state index >= 15 is 0 Å². The van der Waals surface area contributed by atoms with Gasteiger partial charge >= 0.3 is 6.01 Å². The Morgan fingerprint density at radius 1 is 1.29 bits per heavy atom. The highest BCUT2D eigenvalue weighted by Crippen LogP contribution is 2.13. The Labute approximate surface area is 111 Å². The number of hydrogen-bond acceptors (Lipinski definition) is 6. The van der Waals surface area contributed by atoms with Crippen LogP contribution in [0.4, 0.5) is 5.95 Å². The third kappa shape index (κ3) is 5.41. The van der Waals surface area contributed by atoms with Crippen LogP contribution in [0.2, 0.25) is 5.28 Å². The second-order valence-corrected chi connectivity index (χ2v) is 5.13. The van der Waals surface area contributed by atoms with Crippen LogP contribution < -0.4 is 10.1 Å². The topological polar surface area (TPSA) is 59.9 Å². The summed E-state index contributed by atoms with van der Waals surface area (Å²) in [5, 5.41) is 3.28. The molecule has 1 unspecified atom stereocenters. The lowest BCUT2D eigenvalue weighted by Crippen LogP contribution is -2.20. The van der Waals surface area contributed by atoms with Gasteiger partial charge in [0.05, 0.1) is 6.10 Å². The van der Waals surface area contributed by atoms with Gasteiger partial charge in [0.2, 0.25) is 11.2 Å². The van der Waals surface area contributed by atoms with Crippen molar-refractivity contribution >= 4 is 29.3 Å². The van der Waals surface area contributed by atoms with Gasteiger partial charge in [0.15, 0.2) is 0 Å². The molecule has 0 saturated carbocycles. The minimum Gasteiger partial charge on any atom is -0.461 e. The molecule has 17 heavy (non-hydrogen) atoms. The lowest BCUT2D eigenvalue weighted by Gasteiger charge is -2.13. The van der Waals surface area contributed by atoms with E-state index in [2.05, 4.69) is 27.2 Å². The molecule has 7 heteroatoms. The molecular weight excluding hydrogens is 260 g/mol. The van der Waals surface area contributed by atoms with Crippen LogP contribution in [0.1, 0.15) is 20.8 Å². The molecule has 0 radical (unpaired) electrons. The predicted octanol–water partition coefficient (Wildman–Crippen LogP) is 2.48. The van der Waals surface area contributed by atoms with Crippen LogP contribution in [0.15, 0.2) is 0 Å². The van der Waals surface area contributed by atoms with Crippen LogP contribution in [0, 0.1) is 0 Å². The van der Waals surface area contributed by atoms with Crippen molar-refractivity contribution in [3.63, 3.8) is 0 Å². The highest BCUT2D eigenvalue weighted by Gasteiger charge is 2.09. The van der Waals surface area contributed by atoms with Gasteiger partial charge in [-0.2, -0.15) is 26.7 Å². The normalized spacial score (nSPS) is 12.6. The molecule has 0 aromatic carbocycles. The monoisotopic (exact) mass is 276 g/mol. The first-order chi connectivity index (χ1) is 8.01. The van der Waals surface area contributed by atoms with Gasteiger partial charge in [-0.3, -0.25) is 0 Å². The Morgan fingerprint density at radius 2 is 2.00 bits per heavy atom. The number of halogens is 1. The summed E-state index contributed by atoms with van der Waals surface area (Å²) in [7, 11) is 0. The number of ether oxygens (including phenoxy) is 1. The molecule has 1 heterocycles. The largest absolute Gasteiger partial charge is 0.461 e. The zero-order chi connectivity index (χ0) is 12.8. The summed E-state index contributed by atoms with van der Waals surface area (Å²) in [5.41, 5.74) is 0. The summed E-state index contributed by atoms with van der Waals surface area (Å²) < 4.78 is 5.39. The van der Waals surface area contributed by atoms with E-state index in [0.29, 0.717) is 5.95 Å². The Morgan fingerprint density at radius 3 is 2.59 bits per heavy atom. The number of nitrogens with zero attached hydrogens (tertiary/aromatic N) is 3. The fraction of sp³-hybridized carbons (Fsp3) is 0.700. The fourth-order valence-electron chi connectivity index (χ4n) is 1.17. The van der Waals surface area contributed by atoms with Gasteiger partial charge in [-0.05, 0) is 38.6 Å². The number of rotatable bonds is 6. The molecule has 0 amide bonds. The van der Waals surface area contributed by atoms with Crippen molar-refractivity contribution in [2.24, 2.45) is 0 Å². The number of aromatic nitrogens is 3. The maximum atomic E-state index is 5.81. The molecular formula is C10H17ClN4OS. The number of hydrogen-bond donors (Lipinski definition) is 1. The van der Waals surface area contributed by atoms with Gasteiger partial charge in [0.25, 0.3) is 0 Å². The van der Waals surface area contributed by atoms with Crippen LogP contribution >= 0.6 is 23.4 Å². The fourth-order valence-corrected chi connectivity index (χ4v) is 1.91. The molecule has 0 aliphatic heterocycles. The van der Waals surface area contributed by atoms with Gasteiger partial charge in [0, 0.05) is 11.8 Å². The van der Waals surface area contributed by atoms with E-state index in [9.17, 15) is 0 Å². The minimum atomic E-state index is 0.00457. The van der Waals surface area contributed by atoms with Gasteiger partial charge in [-0.25, -0.2) is 0 Å². The predicted molar refractivity (Wildman–Crippen MR) is 72.1 cm³/mol. The molecule has 1 aromatic heterocycles. The molecule has 0 aliphatic carbocycles. The second kappa shape index (κ2) is 6.86. The minimum absolute atomic E-state index is 0.00457. The molecule has 1 N–H and O–H groups in total. The van der Waals surface area contributed by atoms with E-state index < -0.39 is 0 Å². The molecule has 0 saturated heterocycles. The molecule has 5 nitrogen and oxygen atoms in total.